The summed E-state index contributed by atoms with van der Waals surface area (Å²) in [5, 5.41) is 0. The van der Waals surface area contributed by atoms with Crippen molar-refractivity contribution in [2.75, 3.05) is 19.8 Å². The number of nitrogens with two attached hydrogens (primary N) is 1. The Balaban J connectivity index is 2.19. The predicted molar refractivity (Wildman–Crippen MR) is 70.6 cm³/mol. The fourth-order valence-electron chi connectivity index (χ4n) is 1.59. The van der Waals surface area contributed by atoms with Crippen LogP contribution in [0.15, 0.2) is 24.3 Å². The van der Waals surface area contributed by atoms with E-state index in [1.54, 1.807) is 12.1 Å². The van der Waals surface area contributed by atoms with Crippen molar-refractivity contribution in [1.82, 2.24) is 0 Å². The monoisotopic (exact) mass is 291 g/mol. The van der Waals surface area contributed by atoms with Gasteiger partial charge in [-0.3, -0.25) is 0 Å². The molecule has 20 heavy (non-hydrogen) atoms. The Hall–Kier alpha value is -1.27. The van der Waals surface area contributed by atoms with E-state index in [1.165, 1.54) is 0 Å². The Labute approximate surface area is 116 Å². The van der Waals surface area contributed by atoms with Crippen molar-refractivity contribution < 1.29 is 22.6 Å². The first-order chi connectivity index (χ1) is 9.42. The zero-order chi connectivity index (χ0) is 15.0. The zero-order valence-electron chi connectivity index (χ0n) is 11.5. The second-order valence-electron chi connectivity index (χ2n) is 4.45. The number of hydrogen-bond donors (Lipinski definition) is 1. The van der Waals surface area contributed by atoms with Gasteiger partial charge in [-0.15, -0.1) is 0 Å². The first-order valence-corrected chi connectivity index (χ1v) is 6.55. The van der Waals surface area contributed by atoms with E-state index in [0.29, 0.717) is 18.8 Å². The van der Waals surface area contributed by atoms with Crippen molar-refractivity contribution in [3.05, 3.63) is 29.8 Å². The maximum Gasteiger partial charge on any atom is 0.411 e. The van der Waals surface area contributed by atoms with E-state index in [4.69, 9.17) is 10.5 Å². The lowest BCUT2D eigenvalue weighted by atomic mass is 10.1. The van der Waals surface area contributed by atoms with Crippen LogP contribution in [0.3, 0.4) is 0 Å². The third kappa shape index (κ3) is 6.77. The fourth-order valence-corrected chi connectivity index (χ4v) is 1.59. The lowest BCUT2D eigenvalue weighted by Crippen LogP contribution is -2.18. The molecule has 0 aromatic heterocycles. The molecule has 3 nitrogen and oxygen atoms in total. The van der Waals surface area contributed by atoms with Crippen molar-refractivity contribution in [2.45, 2.75) is 32.0 Å². The minimum atomic E-state index is -4.27. The SMILES string of the molecule is CCC(N)c1ccc(OCCCOCC(F)(F)F)cc1. The first-order valence-electron chi connectivity index (χ1n) is 6.55. The highest BCUT2D eigenvalue weighted by atomic mass is 19.4. The number of benzene rings is 1. The maximum absolute atomic E-state index is 11.8. The minimum absolute atomic E-state index is 0.0137. The van der Waals surface area contributed by atoms with Gasteiger partial charge >= 0.3 is 6.18 Å². The standard InChI is InChI=1S/C14H20F3NO2/c1-2-13(18)11-4-6-12(7-5-11)20-9-3-8-19-10-14(15,16)17/h4-7,13H,2-3,8-10,18H2,1H3. The third-order valence-corrected chi connectivity index (χ3v) is 2.72. The average molecular weight is 291 g/mol. The van der Waals surface area contributed by atoms with Crippen LogP contribution in [0.1, 0.15) is 31.4 Å². The van der Waals surface area contributed by atoms with Gasteiger partial charge in [-0.05, 0) is 24.1 Å². The lowest BCUT2D eigenvalue weighted by molar-refractivity contribution is -0.174. The molecule has 0 fully saturated rings. The van der Waals surface area contributed by atoms with Gasteiger partial charge < -0.3 is 15.2 Å². The van der Waals surface area contributed by atoms with Crippen LogP contribution in [0.2, 0.25) is 0 Å². The highest BCUT2D eigenvalue weighted by Gasteiger charge is 2.27. The molecule has 1 aromatic rings. The summed E-state index contributed by atoms with van der Waals surface area (Å²) in [4.78, 5) is 0. The van der Waals surface area contributed by atoms with E-state index in [0.717, 1.165) is 12.0 Å². The van der Waals surface area contributed by atoms with Gasteiger partial charge in [-0.25, -0.2) is 0 Å². The van der Waals surface area contributed by atoms with Gasteiger partial charge in [-0.1, -0.05) is 19.1 Å². The molecule has 0 radical (unpaired) electrons. The van der Waals surface area contributed by atoms with E-state index >= 15 is 0 Å². The molecule has 6 heteroatoms. The number of rotatable bonds is 8. The molecular formula is C14H20F3NO2. The van der Waals surface area contributed by atoms with Gasteiger partial charge in [0.25, 0.3) is 0 Å². The van der Waals surface area contributed by atoms with Gasteiger partial charge in [0.1, 0.15) is 12.4 Å². The third-order valence-electron chi connectivity index (χ3n) is 2.72. The van der Waals surface area contributed by atoms with Crippen LogP contribution in [0, 0.1) is 0 Å². The number of alkyl halides is 3. The van der Waals surface area contributed by atoms with Crippen LogP contribution in [0.25, 0.3) is 0 Å². The minimum Gasteiger partial charge on any atom is -0.494 e. The topological polar surface area (TPSA) is 44.5 Å². The molecule has 0 amide bonds. The lowest BCUT2D eigenvalue weighted by Gasteiger charge is -2.11. The van der Waals surface area contributed by atoms with Crippen molar-refractivity contribution in [2.24, 2.45) is 5.73 Å². The second-order valence-corrected chi connectivity index (χ2v) is 4.45. The summed E-state index contributed by atoms with van der Waals surface area (Å²) >= 11 is 0. The number of ether oxygens (including phenoxy) is 2. The largest absolute Gasteiger partial charge is 0.494 e. The average Bonchev–Trinajstić information content (AvgIpc) is 2.41. The summed E-state index contributed by atoms with van der Waals surface area (Å²) in [5.74, 6) is 0.674. The quantitative estimate of drug-likeness (QED) is 0.746. The predicted octanol–water partition coefficient (Wildman–Crippen LogP) is 3.44. The van der Waals surface area contributed by atoms with E-state index < -0.39 is 12.8 Å². The van der Waals surface area contributed by atoms with E-state index in [9.17, 15) is 13.2 Å². The number of halogens is 3. The Bertz CT molecular complexity index is 379. The molecule has 0 aliphatic rings. The molecule has 114 valence electrons. The van der Waals surface area contributed by atoms with Gasteiger partial charge in [0.05, 0.1) is 13.2 Å². The molecule has 0 heterocycles. The molecule has 0 bridgehead atoms. The summed E-state index contributed by atoms with van der Waals surface area (Å²) in [6.07, 6.45) is -3.00. The van der Waals surface area contributed by atoms with E-state index in [-0.39, 0.29) is 12.6 Å². The summed E-state index contributed by atoms with van der Waals surface area (Å²) < 4.78 is 45.3. The van der Waals surface area contributed by atoms with Crippen LogP contribution in [-0.2, 0) is 4.74 Å². The van der Waals surface area contributed by atoms with E-state index in [2.05, 4.69) is 4.74 Å². The number of hydrogen-bond acceptors (Lipinski definition) is 3. The Morgan fingerprint density at radius 3 is 2.35 bits per heavy atom. The summed E-state index contributed by atoms with van der Waals surface area (Å²) in [5.41, 5.74) is 6.92. The molecular weight excluding hydrogens is 271 g/mol. The molecule has 1 aromatic carbocycles. The van der Waals surface area contributed by atoms with E-state index in [1.807, 2.05) is 19.1 Å². The van der Waals surface area contributed by atoms with Crippen molar-refractivity contribution in [3.8, 4) is 5.75 Å². The second kappa shape index (κ2) is 8.11. The van der Waals surface area contributed by atoms with Crippen molar-refractivity contribution in [3.63, 3.8) is 0 Å². The van der Waals surface area contributed by atoms with Gasteiger partial charge in [0, 0.05) is 12.5 Å². The summed E-state index contributed by atoms with van der Waals surface area (Å²) in [7, 11) is 0. The van der Waals surface area contributed by atoms with Crippen LogP contribution >= 0.6 is 0 Å². The molecule has 2 N–H and O–H groups in total. The molecule has 1 unspecified atom stereocenters. The highest BCUT2D eigenvalue weighted by Crippen LogP contribution is 2.18. The Kier molecular flexibility index (Phi) is 6.81. The molecule has 0 aliphatic carbocycles. The van der Waals surface area contributed by atoms with Crippen LogP contribution in [-0.4, -0.2) is 26.0 Å². The van der Waals surface area contributed by atoms with Gasteiger partial charge in [0.15, 0.2) is 0 Å². The normalized spacial score (nSPS) is 13.2. The van der Waals surface area contributed by atoms with Crippen LogP contribution in [0.4, 0.5) is 13.2 Å². The van der Waals surface area contributed by atoms with Crippen LogP contribution < -0.4 is 10.5 Å². The first kappa shape index (κ1) is 16.8. The van der Waals surface area contributed by atoms with Gasteiger partial charge in [-0.2, -0.15) is 13.2 Å². The Morgan fingerprint density at radius 2 is 1.80 bits per heavy atom. The molecule has 0 saturated carbocycles. The molecule has 1 atom stereocenters. The molecule has 0 aliphatic heterocycles. The molecule has 0 saturated heterocycles. The van der Waals surface area contributed by atoms with Crippen LogP contribution in [0.5, 0.6) is 5.75 Å². The highest BCUT2D eigenvalue weighted by molar-refractivity contribution is 5.28. The summed E-state index contributed by atoms with van der Waals surface area (Å²) in [6.45, 7) is 1.14. The van der Waals surface area contributed by atoms with Gasteiger partial charge in [0.2, 0.25) is 0 Å². The van der Waals surface area contributed by atoms with Crippen molar-refractivity contribution in [1.29, 1.82) is 0 Å². The zero-order valence-corrected chi connectivity index (χ0v) is 11.5. The Morgan fingerprint density at radius 1 is 1.15 bits per heavy atom. The summed E-state index contributed by atoms with van der Waals surface area (Å²) in [6, 6.07) is 7.41. The smallest absolute Gasteiger partial charge is 0.411 e. The molecule has 0 spiro atoms. The van der Waals surface area contributed by atoms with Crippen molar-refractivity contribution >= 4 is 0 Å². The molecule has 1 rings (SSSR count). The maximum atomic E-state index is 11.8. The fraction of sp³-hybridized carbons (Fsp3) is 0.571.